The van der Waals surface area contributed by atoms with Crippen LogP contribution < -0.4 is 14.5 Å². The molecule has 2 heterocycles. The van der Waals surface area contributed by atoms with Crippen molar-refractivity contribution in [2.45, 2.75) is 18.9 Å². The summed E-state index contributed by atoms with van der Waals surface area (Å²) in [6.07, 6.45) is 3.61. The first-order chi connectivity index (χ1) is 13.6. The smallest absolute Gasteiger partial charge is 0.332 e. The molecule has 1 aliphatic heterocycles. The van der Waals surface area contributed by atoms with Crippen LogP contribution in [0.5, 0.6) is 0 Å². The van der Waals surface area contributed by atoms with Gasteiger partial charge in [0.15, 0.2) is 0 Å². The molecule has 144 valence electrons. The van der Waals surface area contributed by atoms with Crippen LogP contribution in [0.15, 0.2) is 65.3 Å². The monoisotopic (exact) mass is 456 g/mol. The van der Waals surface area contributed by atoms with Gasteiger partial charge in [-0.15, -0.1) is 0 Å². The highest BCUT2D eigenvalue weighted by Gasteiger charge is 2.24. The summed E-state index contributed by atoms with van der Waals surface area (Å²) in [6.45, 7) is 1.71. The number of rotatable bonds is 3. The number of benzene rings is 2. The Labute approximate surface area is 178 Å². The fourth-order valence-corrected chi connectivity index (χ4v) is 4.12. The largest absolute Gasteiger partial charge is 0.356 e. The minimum absolute atomic E-state index is 0.125. The Morgan fingerprint density at radius 3 is 2.71 bits per heavy atom. The predicted molar refractivity (Wildman–Crippen MR) is 121 cm³/mol. The van der Waals surface area contributed by atoms with E-state index in [0.717, 1.165) is 41.9 Å². The molecular weight excluding hydrogens is 436 g/mol. The van der Waals surface area contributed by atoms with Crippen LogP contribution in [-0.2, 0) is 0 Å². The molecule has 2 aromatic carbocycles. The van der Waals surface area contributed by atoms with Crippen molar-refractivity contribution in [1.29, 1.82) is 0 Å². The first kappa shape index (κ1) is 19.1. The zero-order valence-corrected chi connectivity index (χ0v) is 17.7. The molecule has 1 fully saturated rings. The number of carbonyl (C=O) groups excluding carboxylic acids is 1. The number of halogens is 1. The number of urea groups is 1. The molecule has 7 heteroatoms. The summed E-state index contributed by atoms with van der Waals surface area (Å²) in [7, 11) is 0. The van der Waals surface area contributed by atoms with Gasteiger partial charge in [-0.2, -0.15) is 0 Å². The summed E-state index contributed by atoms with van der Waals surface area (Å²) in [5.74, 6) is 1.02. The number of nitrogens with zero attached hydrogens (tertiary/aromatic N) is 3. The molecule has 3 aromatic rings. The topological polar surface area (TPSA) is 48.5 Å². The van der Waals surface area contributed by atoms with Gasteiger partial charge in [-0.3, -0.25) is 0 Å². The molecule has 0 atom stereocenters. The highest BCUT2D eigenvalue weighted by atomic mass is 79.9. The Bertz CT molecular complexity index is 986. The number of pyridine rings is 1. The number of amides is 2. The number of nitrogens with one attached hydrogen (secondary N) is 1. The van der Waals surface area contributed by atoms with Gasteiger partial charge in [0.2, 0.25) is 0 Å². The van der Waals surface area contributed by atoms with E-state index in [1.54, 1.807) is 0 Å². The van der Waals surface area contributed by atoms with E-state index in [4.69, 9.17) is 0 Å². The maximum Gasteiger partial charge on any atom is 0.332 e. The molecule has 5 nitrogen and oxygen atoms in total. The van der Waals surface area contributed by atoms with Crippen molar-refractivity contribution in [2.24, 2.45) is 0 Å². The lowest BCUT2D eigenvalue weighted by Crippen LogP contribution is -2.47. The molecule has 0 radical (unpaired) electrons. The number of piperidine rings is 1. The Hall–Kier alpha value is -2.25. The van der Waals surface area contributed by atoms with Crippen LogP contribution in [0.1, 0.15) is 12.8 Å². The third kappa shape index (κ3) is 4.10. The lowest BCUT2D eigenvalue weighted by Gasteiger charge is -2.34. The quantitative estimate of drug-likeness (QED) is 0.543. The molecule has 1 aromatic heterocycles. The van der Waals surface area contributed by atoms with Crippen LogP contribution >= 0.6 is 28.7 Å². The second-order valence-corrected chi connectivity index (χ2v) is 8.17. The number of anilines is 2. The second kappa shape index (κ2) is 8.41. The van der Waals surface area contributed by atoms with Gasteiger partial charge < -0.3 is 10.2 Å². The zero-order chi connectivity index (χ0) is 19.5. The predicted octanol–water partition coefficient (Wildman–Crippen LogP) is 5.03. The standard InChI is InChI=1S/C21H21BrN4OS/c22-16-5-3-6-18(14-16)26(28)21(27)24-17-9-12-25(13-10-17)20-19-7-2-1-4-15(19)8-11-23-20/h1-8,11,14,17,28H,9-10,12-13H2,(H,24,27). The minimum Gasteiger partial charge on any atom is -0.356 e. The van der Waals surface area contributed by atoms with Gasteiger partial charge in [0.05, 0.1) is 5.69 Å². The number of carbonyl (C=O) groups is 1. The zero-order valence-electron chi connectivity index (χ0n) is 15.3. The maximum atomic E-state index is 12.5. The van der Waals surface area contributed by atoms with Crippen LogP contribution in [0.25, 0.3) is 10.8 Å². The summed E-state index contributed by atoms with van der Waals surface area (Å²) in [6, 6.07) is 17.8. The van der Waals surface area contributed by atoms with E-state index in [-0.39, 0.29) is 12.1 Å². The van der Waals surface area contributed by atoms with E-state index < -0.39 is 0 Å². The van der Waals surface area contributed by atoms with Gasteiger partial charge in [0.25, 0.3) is 0 Å². The molecule has 28 heavy (non-hydrogen) atoms. The molecule has 0 unspecified atom stereocenters. The van der Waals surface area contributed by atoms with Gasteiger partial charge in [0, 0.05) is 35.2 Å². The van der Waals surface area contributed by atoms with Crippen molar-refractivity contribution in [3.8, 4) is 0 Å². The van der Waals surface area contributed by atoms with Gasteiger partial charge in [0.1, 0.15) is 5.82 Å². The van der Waals surface area contributed by atoms with E-state index in [1.165, 1.54) is 15.1 Å². The van der Waals surface area contributed by atoms with Gasteiger partial charge >= 0.3 is 6.03 Å². The van der Waals surface area contributed by atoms with Crippen LogP contribution in [-0.4, -0.2) is 30.1 Å². The van der Waals surface area contributed by atoms with Crippen LogP contribution in [0, 0.1) is 0 Å². The Morgan fingerprint density at radius 2 is 1.93 bits per heavy atom. The van der Waals surface area contributed by atoms with E-state index in [0.29, 0.717) is 0 Å². The van der Waals surface area contributed by atoms with E-state index in [1.807, 2.05) is 48.7 Å². The van der Waals surface area contributed by atoms with Crippen molar-refractivity contribution >= 4 is 57.1 Å². The number of hydrogen-bond donors (Lipinski definition) is 2. The first-order valence-corrected chi connectivity index (χ1v) is 10.4. The summed E-state index contributed by atoms with van der Waals surface area (Å²) >= 11 is 7.78. The number of aromatic nitrogens is 1. The van der Waals surface area contributed by atoms with Crippen molar-refractivity contribution < 1.29 is 4.79 Å². The Balaban J connectivity index is 1.38. The van der Waals surface area contributed by atoms with Crippen molar-refractivity contribution in [3.63, 3.8) is 0 Å². The summed E-state index contributed by atoms with van der Waals surface area (Å²) in [5.41, 5.74) is 0.729. The molecule has 0 spiro atoms. The SMILES string of the molecule is O=C(NC1CCN(c2nccc3ccccc23)CC1)N(S)c1cccc(Br)c1. The second-order valence-electron chi connectivity index (χ2n) is 6.86. The Morgan fingerprint density at radius 1 is 1.14 bits per heavy atom. The summed E-state index contributed by atoms with van der Waals surface area (Å²) in [4.78, 5) is 19.5. The molecular formula is C21H21BrN4OS. The summed E-state index contributed by atoms with van der Waals surface area (Å²) < 4.78 is 2.26. The Kier molecular flexibility index (Phi) is 5.73. The highest BCUT2D eigenvalue weighted by molar-refractivity contribution is 9.10. The molecule has 2 amide bonds. The van der Waals surface area contributed by atoms with Crippen LogP contribution in [0.4, 0.5) is 16.3 Å². The lowest BCUT2D eigenvalue weighted by atomic mass is 10.0. The van der Waals surface area contributed by atoms with Gasteiger partial charge in [-0.1, -0.05) is 59.1 Å². The molecule has 0 aliphatic carbocycles. The molecule has 1 saturated heterocycles. The third-order valence-corrected chi connectivity index (χ3v) is 5.93. The highest BCUT2D eigenvalue weighted by Crippen LogP contribution is 2.27. The van der Waals surface area contributed by atoms with Crippen LogP contribution in [0.3, 0.4) is 0 Å². The van der Waals surface area contributed by atoms with E-state index in [2.05, 4.69) is 56.1 Å². The van der Waals surface area contributed by atoms with Crippen molar-refractivity contribution in [3.05, 3.63) is 65.3 Å². The van der Waals surface area contributed by atoms with Crippen molar-refractivity contribution in [1.82, 2.24) is 10.3 Å². The first-order valence-electron chi connectivity index (χ1n) is 9.25. The van der Waals surface area contributed by atoms with E-state index >= 15 is 0 Å². The molecule has 4 rings (SSSR count). The van der Waals surface area contributed by atoms with Gasteiger partial charge in [-0.05, 0) is 42.5 Å². The lowest BCUT2D eigenvalue weighted by molar-refractivity contribution is 0.243. The number of fused-ring (bicyclic) bond motifs is 1. The summed E-state index contributed by atoms with van der Waals surface area (Å²) in [5, 5.41) is 5.46. The van der Waals surface area contributed by atoms with Gasteiger partial charge in [-0.25, -0.2) is 14.1 Å². The fourth-order valence-electron chi connectivity index (χ4n) is 3.55. The molecule has 1 aliphatic rings. The fraction of sp³-hybridized carbons (Fsp3) is 0.238. The number of thiol groups is 1. The third-order valence-electron chi connectivity index (χ3n) is 5.02. The number of hydrogen-bond acceptors (Lipinski definition) is 4. The normalized spacial score (nSPS) is 14.9. The van der Waals surface area contributed by atoms with E-state index in [9.17, 15) is 4.79 Å². The van der Waals surface area contributed by atoms with Crippen LogP contribution in [0.2, 0.25) is 0 Å². The maximum absolute atomic E-state index is 12.5. The average molecular weight is 457 g/mol. The molecule has 0 saturated carbocycles. The molecule has 0 bridgehead atoms. The minimum atomic E-state index is -0.205. The average Bonchev–Trinajstić information content (AvgIpc) is 2.73. The van der Waals surface area contributed by atoms with Crippen molar-refractivity contribution in [2.75, 3.05) is 22.3 Å². The molecule has 1 N–H and O–H groups in total.